The first-order chi connectivity index (χ1) is 8.63. The molecule has 1 aromatic carbocycles. The minimum absolute atomic E-state index is 0.0691. The van der Waals surface area contributed by atoms with Crippen LogP contribution in [0.4, 0.5) is 5.69 Å². The summed E-state index contributed by atoms with van der Waals surface area (Å²) >= 11 is 3.53. The molecule has 18 heavy (non-hydrogen) atoms. The molecule has 1 aromatic rings. The van der Waals surface area contributed by atoms with Gasteiger partial charge in [-0.25, -0.2) is 0 Å². The van der Waals surface area contributed by atoms with Gasteiger partial charge in [-0.15, -0.1) is 0 Å². The highest BCUT2D eigenvalue weighted by Gasteiger charge is 2.26. The van der Waals surface area contributed by atoms with E-state index in [0.29, 0.717) is 18.2 Å². The van der Waals surface area contributed by atoms with Gasteiger partial charge >= 0.3 is 0 Å². The van der Waals surface area contributed by atoms with Crippen molar-refractivity contribution >= 4 is 27.4 Å². The molecule has 0 atom stereocenters. The third-order valence-electron chi connectivity index (χ3n) is 3.52. The second-order valence-electron chi connectivity index (χ2n) is 4.72. The second-order valence-corrected chi connectivity index (χ2v) is 5.58. The zero-order valence-electron chi connectivity index (χ0n) is 10.5. The van der Waals surface area contributed by atoms with Crippen LogP contribution in [0.3, 0.4) is 0 Å². The molecule has 0 radical (unpaired) electrons. The maximum absolute atomic E-state index is 11.3. The molecular formula is C14H18BrNO2. The fourth-order valence-corrected chi connectivity index (χ4v) is 2.87. The molecule has 2 rings (SSSR count). The van der Waals surface area contributed by atoms with Gasteiger partial charge in [0.05, 0.1) is 12.3 Å². The van der Waals surface area contributed by atoms with E-state index in [1.54, 1.807) is 6.92 Å². The number of rotatable bonds is 5. The number of carbonyl (C=O) groups is 1. The summed E-state index contributed by atoms with van der Waals surface area (Å²) < 4.78 is 0.926. The van der Waals surface area contributed by atoms with Crippen LogP contribution < -0.4 is 4.90 Å². The number of Topliss-reactive ketones (excluding diaryl/α,β-unsaturated/α-hetero) is 1. The number of anilines is 1. The summed E-state index contributed by atoms with van der Waals surface area (Å²) in [5, 5.41) is 9.19. The number of aliphatic hydroxyl groups is 1. The van der Waals surface area contributed by atoms with Crippen LogP contribution in [-0.2, 0) is 0 Å². The lowest BCUT2D eigenvalue weighted by Crippen LogP contribution is -2.42. The number of hydrogen-bond acceptors (Lipinski definition) is 3. The lowest BCUT2D eigenvalue weighted by atomic mass is 9.91. The molecular weight excluding hydrogens is 294 g/mol. The molecule has 0 saturated heterocycles. The van der Waals surface area contributed by atoms with Crippen molar-refractivity contribution in [3.05, 3.63) is 28.2 Å². The Kier molecular flexibility index (Phi) is 4.40. The third-order valence-corrected chi connectivity index (χ3v) is 4.16. The average Bonchev–Trinajstić information content (AvgIpc) is 2.26. The van der Waals surface area contributed by atoms with E-state index in [1.807, 2.05) is 18.2 Å². The van der Waals surface area contributed by atoms with Crippen LogP contribution in [0, 0.1) is 0 Å². The van der Waals surface area contributed by atoms with Gasteiger partial charge in [0.2, 0.25) is 0 Å². The predicted molar refractivity (Wildman–Crippen MR) is 76.2 cm³/mol. The average molecular weight is 312 g/mol. The van der Waals surface area contributed by atoms with Gasteiger partial charge in [-0.05, 0) is 60.3 Å². The summed E-state index contributed by atoms with van der Waals surface area (Å²) in [6, 6.07) is 6.21. The number of halogens is 1. The fraction of sp³-hybridized carbons (Fsp3) is 0.500. The first kappa shape index (κ1) is 13.6. The van der Waals surface area contributed by atoms with Gasteiger partial charge in [0.25, 0.3) is 0 Å². The Hall–Kier alpha value is -0.870. The van der Waals surface area contributed by atoms with Crippen molar-refractivity contribution in [1.29, 1.82) is 0 Å². The van der Waals surface area contributed by atoms with E-state index in [-0.39, 0.29) is 12.4 Å². The monoisotopic (exact) mass is 311 g/mol. The predicted octanol–water partition coefficient (Wildman–Crippen LogP) is 3.00. The highest BCUT2D eigenvalue weighted by molar-refractivity contribution is 9.10. The molecule has 1 aliphatic rings. The van der Waals surface area contributed by atoms with Crippen LogP contribution in [0.25, 0.3) is 0 Å². The maximum Gasteiger partial charge on any atom is 0.159 e. The van der Waals surface area contributed by atoms with Crippen LogP contribution in [0.2, 0.25) is 0 Å². The van der Waals surface area contributed by atoms with E-state index in [9.17, 15) is 9.90 Å². The lowest BCUT2D eigenvalue weighted by molar-refractivity contribution is 0.101. The van der Waals surface area contributed by atoms with E-state index in [0.717, 1.165) is 10.2 Å². The number of hydrogen-bond donors (Lipinski definition) is 1. The molecule has 1 fully saturated rings. The summed E-state index contributed by atoms with van der Waals surface area (Å²) in [5.41, 5.74) is 1.78. The molecule has 0 aliphatic heterocycles. The van der Waals surface area contributed by atoms with Gasteiger partial charge in [-0.2, -0.15) is 0 Å². The number of ketones is 1. The molecule has 3 nitrogen and oxygen atoms in total. The molecule has 0 spiro atoms. The van der Waals surface area contributed by atoms with Crippen LogP contribution in [0.1, 0.15) is 36.5 Å². The Morgan fingerprint density at radius 2 is 2.22 bits per heavy atom. The zero-order valence-corrected chi connectivity index (χ0v) is 12.1. The van der Waals surface area contributed by atoms with Crippen LogP contribution in [0.15, 0.2) is 22.7 Å². The van der Waals surface area contributed by atoms with Crippen molar-refractivity contribution in [2.24, 2.45) is 0 Å². The molecule has 0 unspecified atom stereocenters. The van der Waals surface area contributed by atoms with Gasteiger partial charge in [0.15, 0.2) is 5.78 Å². The molecule has 1 saturated carbocycles. The van der Waals surface area contributed by atoms with Gasteiger partial charge in [-0.1, -0.05) is 0 Å². The smallest absolute Gasteiger partial charge is 0.159 e. The summed E-state index contributed by atoms with van der Waals surface area (Å²) in [6.07, 6.45) is 3.62. The first-order valence-electron chi connectivity index (χ1n) is 6.31. The summed E-state index contributed by atoms with van der Waals surface area (Å²) in [4.78, 5) is 13.6. The largest absolute Gasteiger partial charge is 0.395 e. The van der Waals surface area contributed by atoms with E-state index in [1.165, 1.54) is 19.3 Å². The van der Waals surface area contributed by atoms with E-state index in [2.05, 4.69) is 20.8 Å². The highest BCUT2D eigenvalue weighted by Crippen LogP contribution is 2.34. The van der Waals surface area contributed by atoms with E-state index in [4.69, 9.17) is 0 Å². The molecule has 1 aliphatic carbocycles. The molecule has 0 amide bonds. The maximum atomic E-state index is 11.3. The Morgan fingerprint density at radius 3 is 2.67 bits per heavy atom. The quantitative estimate of drug-likeness (QED) is 0.850. The number of benzene rings is 1. The molecule has 0 heterocycles. The summed E-state index contributed by atoms with van der Waals surface area (Å²) in [6.45, 7) is 2.36. The molecule has 0 aromatic heterocycles. The summed E-state index contributed by atoms with van der Waals surface area (Å²) in [7, 11) is 0. The lowest BCUT2D eigenvalue weighted by Gasteiger charge is -2.39. The van der Waals surface area contributed by atoms with Gasteiger partial charge in [0, 0.05) is 22.6 Å². The van der Waals surface area contributed by atoms with Gasteiger partial charge in [-0.3, -0.25) is 4.79 Å². The van der Waals surface area contributed by atoms with Crippen molar-refractivity contribution in [3.63, 3.8) is 0 Å². The van der Waals surface area contributed by atoms with Crippen LogP contribution in [0.5, 0.6) is 0 Å². The Bertz CT molecular complexity index is 443. The van der Waals surface area contributed by atoms with Crippen molar-refractivity contribution in [3.8, 4) is 0 Å². The first-order valence-corrected chi connectivity index (χ1v) is 7.10. The number of carbonyl (C=O) groups excluding carboxylic acids is 1. The molecule has 0 bridgehead atoms. The fourth-order valence-electron chi connectivity index (χ4n) is 2.26. The van der Waals surface area contributed by atoms with Crippen molar-refractivity contribution < 1.29 is 9.90 Å². The van der Waals surface area contributed by atoms with Gasteiger partial charge in [0.1, 0.15) is 0 Å². The van der Waals surface area contributed by atoms with E-state index >= 15 is 0 Å². The topological polar surface area (TPSA) is 40.5 Å². The van der Waals surface area contributed by atoms with Gasteiger partial charge < -0.3 is 10.0 Å². The SMILES string of the molecule is CC(=O)c1ccc(N(CCO)C2CCC2)c(Br)c1. The van der Waals surface area contributed by atoms with Crippen LogP contribution in [-0.4, -0.2) is 30.1 Å². The second kappa shape index (κ2) is 5.85. The Balaban J connectivity index is 2.26. The van der Waals surface area contributed by atoms with Crippen molar-refractivity contribution in [2.45, 2.75) is 32.2 Å². The van der Waals surface area contributed by atoms with Crippen molar-refractivity contribution in [1.82, 2.24) is 0 Å². The van der Waals surface area contributed by atoms with E-state index < -0.39 is 0 Å². The minimum atomic E-state index is 0.0691. The third kappa shape index (κ3) is 2.75. The van der Waals surface area contributed by atoms with Crippen LogP contribution >= 0.6 is 15.9 Å². The molecule has 4 heteroatoms. The zero-order chi connectivity index (χ0) is 13.1. The minimum Gasteiger partial charge on any atom is -0.395 e. The van der Waals surface area contributed by atoms with Crippen molar-refractivity contribution in [2.75, 3.05) is 18.1 Å². The molecule has 98 valence electrons. The Morgan fingerprint density at radius 1 is 1.50 bits per heavy atom. The summed E-state index contributed by atoms with van der Waals surface area (Å²) in [5.74, 6) is 0.0691. The normalized spacial score (nSPS) is 15.3. The number of nitrogens with zero attached hydrogens (tertiary/aromatic N) is 1. The Labute approximate surface area is 116 Å². The molecule has 1 N–H and O–H groups in total. The standard InChI is InChI=1S/C14H18BrNO2/c1-10(18)11-5-6-14(13(15)9-11)16(7-8-17)12-3-2-4-12/h5-6,9,12,17H,2-4,7-8H2,1H3. The highest BCUT2D eigenvalue weighted by atomic mass is 79.9. The number of aliphatic hydroxyl groups excluding tert-OH is 1.